The number of rotatable bonds is 5. The van der Waals surface area contributed by atoms with Gasteiger partial charge in [0.05, 0.1) is 5.56 Å². The van der Waals surface area contributed by atoms with Crippen molar-refractivity contribution in [2.24, 2.45) is 24.1 Å². The van der Waals surface area contributed by atoms with E-state index in [9.17, 15) is 9.59 Å². The number of carbonyl (C=O) groups is 2. The number of nitrogens with one attached hydrogen (secondary N) is 1. The van der Waals surface area contributed by atoms with Crippen molar-refractivity contribution in [3.05, 3.63) is 33.5 Å². The van der Waals surface area contributed by atoms with Crippen LogP contribution >= 0.6 is 11.3 Å². The van der Waals surface area contributed by atoms with Gasteiger partial charge in [-0.15, -0.1) is 11.3 Å². The Morgan fingerprint density at radius 3 is 2.70 bits per heavy atom. The maximum absolute atomic E-state index is 12.6. The lowest BCUT2D eigenvalue weighted by Crippen LogP contribution is -2.29. The van der Waals surface area contributed by atoms with Gasteiger partial charge in [0, 0.05) is 17.6 Å². The smallest absolute Gasteiger partial charge is 0.276 e. The van der Waals surface area contributed by atoms with Gasteiger partial charge in [-0.2, -0.15) is 5.10 Å². The van der Waals surface area contributed by atoms with E-state index in [2.05, 4.69) is 31.2 Å². The molecule has 6 nitrogen and oxygen atoms in total. The number of hydrogen-bond acceptors (Lipinski definition) is 4. The van der Waals surface area contributed by atoms with E-state index in [0.717, 1.165) is 36.9 Å². The van der Waals surface area contributed by atoms with Crippen molar-refractivity contribution < 1.29 is 9.59 Å². The predicted molar refractivity (Wildman–Crippen MR) is 108 cm³/mol. The fourth-order valence-corrected chi connectivity index (χ4v) is 5.06. The third-order valence-electron chi connectivity index (χ3n) is 6.10. The summed E-state index contributed by atoms with van der Waals surface area (Å²) in [5.41, 5.74) is 8.64. The Hall–Kier alpha value is -2.15. The van der Waals surface area contributed by atoms with Gasteiger partial charge in [-0.25, -0.2) is 0 Å². The zero-order valence-electron chi connectivity index (χ0n) is 16.7. The van der Waals surface area contributed by atoms with Gasteiger partial charge in [0.2, 0.25) is 0 Å². The highest BCUT2D eigenvalue weighted by atomic mass is 32.1. The van der Waals surface area contributed by atoms with Crippen molar-refractivity contribution in [3.8, 4) is 0 Å². The summed E-state index contributed by atoms with van der Waals surface area (Å²) >= 11 is 1.49. The van der Waals surface area contributed by atoms with Crippen molar-refractivity contribution in [1.29, 1.82) is 0 Å². The van der Waals surface area contributed by atoms with Gasteiger partial charge in [-0.1, -0.05) is 27.2 Å². The minimum atomic E-state index is -0.479. The first-order valence-corrected chi connectivity index (χ1v) is 10.2. The average Bonchev–Trinajstić information content (AvgIpc) is 3.13. The molecule has 27 heavy (non-hydrogen) atoms. The normalized spacial score (nSPS) is 16.9. The number of aromatic nitrogens is 2. The highest BCUT2D eigenvalue weighted by molar-refractivity contribution is 7.17. The summed E-state index contributed by atoms with van der Waals surface area (Å²) < 4.78 is 1.65. The molecule has 0 saturated carbocycles. The summed E-state index contributed by atoms with van der Waals surface area (Å²) in [4.78, 5) is 25.9. The van der Waals surface area contributed by atoms with Crippen LogP contribution in [0.25, 0.3) is 0 Å². The molecular formula is C20H28N4O2S. The zero-order chi connectivity index (χ0) is 19.9. The van der Waals surface area contributed by atoms with Crippen LogP contribution in [0.1, 0.15) is 70.6 Å². The topological polar surface area (TPSA) is 90.0 Å². The van der Waals surface area contributed by atoms with Gasteiger partial charge in [-0.05, 0) is 49.1 Å². The largest absolute Gasteiger partial charge is 0.365 e. The lowest BCUT2D eigenvalue weighted by atomic mass is 9.69. The molecule has 1 atom stereocenters. The molecule has 0 spiro atoms. The van der Waals surface area contributed by atoms with Crippen LogP contribution in [0.5, 0.6) is 0 Å². The number of carbonyl (C=O) groups excluding carboxylic acids is 2. The Balaban J connectivity index is 1.91. The van der Waals surface area contributed by atoms with Crippen molar-refractivity contribution in [3.63, 3.8) is 0 Å². The molecule has 0 fully saturated rings. The molecule has 7 heteroatoms. The van der Waals surface area contributed by atoms with Crippen LogP contribution < -0.4 is 11.1 Å². The Bertz CT molecular complexity index is 875. The highest BCUT2D eigenvalue weighted by Crippen LogP contribution is 2.45. The van der Waals surface area contributed by atoms with Gasteiger partial charge in [0.25, 0.3) is 11.8 Å². The first-order chi connectivity index (χ1) is 12.6. The summed E-state index contributed by atoms with van der Waals surface area (Å²) in [5.74, 6) is -0.227. The number of amides is 2. The zero-order valence-corrected chi connectivity index (χ0v) is 17.5. The number of fused-ring (bicyclic) bond motifs is 1. The fraction of sp³-hybridized carbons (Fsp3) is 0.550. The van der Waals surface area contributed by atoms with Gasteiger partial charge < -0.3 is 11.1 Å². The van der Waals surface area contributed by atoms with Crippen LogP contribution in [0.2, 0.25) is 0 Å². The molecule has 0 unspecified atom stereocenters. The van der Waals surface area contributed by atoms with Crippen LogP contribution in [0.4, 0.5) is 5.00 Å². The van der Waals surface area contributed by atoms with Crippen LogP contribution in [0, 0.1) is 18.3 Å². The van der Waals surface area contributed by atoms with Crippen molar-refractivity contribution >= 4 is 28.2 Å². The van der Waals surface area contributed by atoms with Crippen LogP contribution in [0.15, 0.2) is 6.07 Å². The van der Waals surface area contributed by atoms with Gasteiger partial charge in [-0.3, -0.25) is 14.3 Å². The quantitative estimate of drug-likeness (QED) is 0.818. The molecular weight excluding hydrogens is 360 g/mol. The van der Waals surface area contributed by atoms with E-state index in [1.807, 2.05) is 6.92 Å². The molecule has 2 amide bonds. The molecule has 3 N–H and O–H groups in total. The van der Waals surface area contributed by atoms with E-state index in [1.54, 1.807) is 17.8 Å². The third-order valence-corrected chi connectivity index (χ3v) is 7.27. The summed E-state index contributed by atoms with van der Waals surface area (Å²) in [7, 11) is 1.79. The van der Waals surface area contributed by atoms with Crippen LogP contribution in [-0.4, -0.2) is 21.6 Å². The molecule has 0 aromatic carbocycles. The third kappa shape index (κ3) is 3.65. The van der Waals surface area contributed by atoms with E-state index in [1.165, 1.54) is 16.2 Å². The lowest BCUT2D eigenvalue weighted by molar-refractivity contribution is 0.0999. The number of thiophene rings is 1. The second-order valence-corrected chi connectivity index (χ2v) is 9.21. The second-order valence-electron chi connectivity index (χ2n) is 8.10. The number of nitrogens with zero attached hydrogens (tertiary/aromatic N) is 2. The Labute approximate surface area is 164 Å². The number of nitrogens with two attached hydrogens (primary N) is 1. The van der Waals surface area contributed by atoms with Crippen LogP contribution in [-0.2, 0) is 19.9 Å². The Morgan fingerprint density at radius 2 is 2.15 bits per heavy atom. The van der Waals surface area contributed by atoms with Crippen LogP contribution in [0.3, 0.4) is 0 Å². The second kappa shape index (κ2) is 7.11. The molecule has 0 bridgehead atoms. The van der Waals surface area contributed by atoms with Crippen molar-refractivity contribution in [1.82, 2.24) is 9.78 Å². The molecule has 0 saturated heterocycles. The first kappa shape index (κ1) is 19.6. The number of anilines is 1. The van der Waals surface area contributed by atoms with E-state index >= 15 is 0 Å². The fourth-order valence-electron chi connectivity index (χ4n) is 3.73. The number of primary amides is 1. The molecule has 1 aliphatic rings. The summed E-state index contributed by atoms with van der Waals surface area (Å²) in [6, 6.07) is 1.73. The van der Waals surface area contributed by atoms with E-state index in [-0.39, 0.29) is 11.3 Å². The molecule has 1 aliphatic carbocycles. The van der Waals surface area contributed by atoms with Crippen molar-refractivity contribution in [2.75, 3.05) is 5.32 Å². The van der Waals surface area contributed by atoms with E-state index in [4.69, 9.17) is 5.73 Å². The standard InChI is InChI=1S/C20H28N4O2S/c1-6-20(3,4)12-7-8-13-15(10-12)27-19(16(13)17(21)25)22-18(26)14-9-11(2)24(5)23-14/h9,12H,6-8,10H2,1-5H3,(H2,21,25)(H,22,26)/t12-/m0/s1. The van der Waals surface area contributed by atoms with Gasteiger partial charge in [0.1, 0.15) is 5.00 Å². The number of aryl methyl sites for hydroxylation is 2. The Kier molecular flexibility index (Phi) is 5.16. The molecule has 3 rings (SSSR count). The van der Waals surface area contributed by atoms with E-state index in [0.29, 0.717) is 22.2 Å². The predicted octanol–water partition coefficient (Wildman–Crippen LogP) is 3.68. The summed E-state index contributed by atoms with van der Waals surface area (Å²) in [6.07, 6.45) is 3.91. The van der Waals surface area contributed by atoms with E-state index < -0.39 is 5.91 Å². The molecule has 146 valence electrons. The lowest BCUT2D eigenvalue weighted by Gasteiger charge is -2.36. The highest BCUT2D eigenvalue weighted by Gasteiger charge is 2.35. The van der Waals surface area contributed by atoms with Gasteiger partial charge in [0.15, 0.2) is 5.69 Å². The first-order valence-electron chi connectivity index (χ1n) is 9.40. The minimum absolute atomic E-state index is 0.253. The molecule has 0 radical (unpaired) electrons. The maximum Gasteiger partial charge on any atom is 0.276 e. The van der Waals surface area contributed by atoms with Crippen molar-refractivity contribution in [2.45, 2.75) is 53.4 Å². The Morgan fingerprint density at radius 1 is 1.44 bits per heavy atom. The maximum atomic E-state index is 12.6. The summed E-state index contributed by atoms with van der Waals surface area (Å²) in [5, 5.41) is 7.64. The minimum Gasteiger partial charge on any atom is -0.365 e. The average molecular weight is 389 g/mol. The molecule has 2 aromatic rings. The SMILES string of the molecule is CCC(C)(C)[C@H]1CCc2c(sc(NC(=O)c3cc(C)n(C)n3)c2C(N)=O)C1. The molecule has 0 aliphatic heterocycles. The van der Waals surface area contributed by atoms with Gasteiger partial charge >= 0.3 is 0 Å². The number of hydrogen-bond donors (Lipinski definition) is 2. The summed E-state index contributed by atoms with van der Waals surface area (Å²) in [6.45, 7) is 8.71. The molecule has 2 aromatic heterocycles. The monoisotopic (exact) mass is 388 g/mol. The molecule has 2 heterocycles.